The average molecular weight is 455 g/mol. The van der Waals surface area contributed by atoms with Crippen LogP contribution in [0.5, 0.6) is 0 Å². The number of pyridine rings is 1. The zero-order chi connectivity index (χ0) is 22.7. The molecule has 0 radical (unpaired) electrons. The standard InChI is InChI=1S/C22H23ClN6O3/c1-15(30)27-6-8-28(9-7-27)17-3-4-19-18(10-17)22(32)29(14-26-19)13-21(31)25-12-16-2-5-20(23)24-11-16/h2-5,10-11,14H,6-9,12-13H2,1H3,(H,25,31). The maximum absolute atomic E-state index is 13.0. The van der Waals surface area contributed by atoms with Gasteiger partial charge in [-0.3, -0.25) is 19.0 Å². The normalized spacial score (nSPS) is 13.9. The smallest absolute Gasteiger partial charge is 0.261 e. The van der Waals surface area contributed by atoms with Crippen LogP contribution in [-0.4, -0.2) is 57.4 Å². The highest BCUT2D eigenvalue weighted by Gasteiger charge is 2.19. The molecule has 1 aromatic carbocycles. The van der Waals surface area contributed by atoms with Gasteiger partial charge in [0.25, 0.3) is 5.56 Å². The number of carbonyl (C=O) groups excluding carboxylic acids is 2. The summed E-state index contributed by atoms with van der Waals surface area (Å²) in [6.07, 6.45) is 2.98. The summed E-state index contributed by atoms with van der Waals surface area (Å²) in [7, 11) is 0. The first-order chi connectivity index (χ1) is 15.4. The third kappa shape index (κ3) is 4.88. The molecule has 1 N–H and O–H groups in total. The van der Waals surface area contributed by atoms with E-state index in [0.29, 0.717) is 42.2 Å². The van der Waals surface area contributed by atoms with Crippen LogP contribution < -0.4 is 15.8 Å². The van der Waals surface area contributed by atoms with Crippen LogP contribution in [0.4, 0.5) is 5.69 Å². The molecule has 2 amide bonds. The van der Waals surface area contributed by atoms with Gasteiger partial charge in [0, 0.05) is 51.5 Å². The number of fused-ring (bicyclic) bond motifs is 1. The number of piperazine rings is 1. The second-order valence-electron chi connectivity index (χ2n) is 7.64. The van der Waals surface area contributed by atoms with Gasteiger partial charge in [0.2, 0.25) is 11.8 Å². The second-order valence-corrected chi connectivity index (χ2v) is 8.03. The Balaban J connectivity index is 1.46. The van der Waals surface area contributed by atoms with E-state index in [4.69, 9.17) is 11.6 Å². The van der Waals surface area contributed by atoms with Gasteiger partial charge < -0.3 is 15.1 Å². The molecule has 3 heterocycles. The van der Waals surface area contributed by atoms with Crippen LogP contribution in [0.3, 0.4) is 0 Å². The molecule has 3 aromatic rings. The summed E-state index contributed by atoms with van der Waals surface area (Å²) >= 11 is 5.76. The minimum atomic E-state index is -0.306. The molecule has 9 nitrogen and oxygen atoms in total. The first-order valence-electron chi connectivity index (χ1n) is 10.3. The van der Waals surface area contributed by atoms with Gasteiger partial charge in [0.15, 0.2) is 0 Å². The lowest BCUT2D eigenvalue weighted by atomic mass is 10.2. The number of aromatic nitrogens is 3. The van der Waals surface area contributed by atoms with Gasteiger partial charge in [0.1, 0.15) is 11.7 Å². The van der Waals surface area contributed by atoms with E-state index in [1.165, 1.54) is 10.9 Å². The topological polar surface area (TPSA) is 100 Å². The Morgan fingerprint density at radius 3 is 2.56 bits per heavy atom. The van der Waals surface area contributed by atoms with Crippen molar-refractivity contribution in [3.05, 3.63) is 63.9 Å². The second kappa shape index (κ2) is 9.35. The molecule has 1 aliphatic heterocycles. The molecule has 0 atom stereocenters. The summed E-state index contributed by atoms with van der Waals surface area (Å²) in [5.74, 6) is -0.236. The molecular weight excluding hydrogens is 432 g/mol. The van der Waals surface area contributed by atoms with Crippen LogP contribution in [0, 0.1) is 0 Å². The Labute approximate surface area is 189 Å². The zero-order valence-corrected chi connectivity index (χ0v) is 18.4. The van der Waals surface area contributed by atoms with E-state index in [0.717, 1.165) is 11.3 Å². The van der Waals surface area contributed by atoms with Crippen molar-refractivity contribution in [2.75, 3.05) is 31.1 Å². The number of nitrogens with one attached hydrogen (secondary N) is 1. The van der Waals surface area contributed by atoms with Gasteiger partial charge in [-0.2, -0.15) is 0 Å². The van der Waals surface area contributed by atoms with Crippen molar-refractivity contribution in [3.8, 4) is 0 Å². The summed E-state index contributed by atoms with van der Waals surface area (Å²) < 4.78 is 1.30. The van der Waals surface area contributed by atoms with E-state index < -0.39 is 0 Å². The highest BCUT2D eigenvalue weighted by molar-refractivity contribution is 6.29. The molecule has 0 unspecified atom stereocenters. The predicted octanol–water partition coefficient (Wildman–Crippen LogP) is 1.43. The number of carbonyl (C=O) groups is 2. The molecule has 2 aromatic heterocycles. The summed E-state index contributed by atoms with van der Waals surface area (Å²) in [4.78, 5) is 49.2. The number of amides is 2. The Hall–Kier alpha value is -3.46. The van der Waals surface area contributed by atoms with Crippen molar-refractivity contribution in [2.45, 2.75) is 20.0 Å². The molecule has 0 bridgehead atoms. The summed E-state index contributed by atoms with van der Waals surface area (Å²) in [5, 5.41) is 3.60. The maximum atomic E-state index is 13.0. The molecule has 1 fully saturated rings. The minimum absolute atomic E-state index is 0.0702. The first kappa shape index (κ1) is 21.8. The molecular formula is C22H23ClN6O3. The van der Waals surface area contributed by atoms with Crippen molar-refractivity contribution < 1.29 is 9.59 Å². The monoisotopic (exact) mass is 454 g/mol. The number of benzene rings is 1. The van der Waals surface area contributed by atoms with Crippen LogP contribution in [0.15, 0.2) is 47.7 Å². The lowest BCUT2D eigenvalue weighted by Gasteiger charge is -2.35. The van der Waals surface area contributed by atoms with E-state index in [1.807, 2.05) is 17.0 Å². The van der Waals surface area contributed by atoms with Crippen molar-refractivity contribution in [2.24, 2.45) is 0 Å². The highest BCUT2D eigenvalue weighted by Crippen LogP contribution is 2.20. The first-order valence-corrected chi connectivity index (χ1v) is 10.7. The highest BCUT2D eigenvalue weighted by atomic mass is 35.5. The SMILES string of the molecule is CC(=O)N1CCN(c2ccc3ncn(CC(=O)NCc4ccc(Cl)nc4)c(=O)c3c2)CC1. The van der Waals surface area contributed by atoms with Crippen LogP contribution in [0.1, 0.15) is 12.5 Å². The third-order valence-electron chi connectivity index (χ3n) is 5.49. The molecule has 0 spiro atoms. The van der Waals surface area contributed by atoms with E-state index >= 15 is 0 Å². The van der Waals surface area contributed by atoms with Gasteiger partial charge in [-0.15, -0.1) is 0 Å². The van der Waals surface area contributed by atoms with Gasteiger partial charge in [-0.05, 0) is 29.8 Å². The van der Waals surface area contributed by atoms with Gasteiger partial charge >= 0.3 is 0 Å². The summed E-state index contributed by atoms with van der Waals surface area (Å²) in [5.41, 5.74) is 2.01. The molecule has 1 aliphatic rings. The van der Waals surface area contributed by atoms with Gasteiger partial charge in [-0.25, -0.2) is 9.97 Å². The molecule has 32 heavy (non-hydrogen) atoms. The molecule has 0 aliphatic carbocycles. The number of rotatable bonds is 5. The fourth-order valence-corrected chi connectivity index (χ4v) is 3.77. The van der Waals surface area contributed by atoms with Gasteiger partial charge in [0.05, 0.1) is 17.2 Å². The largest absolute Gasteiger partial charge is 0.368 e. The number of anilines is 1. The van der Waals surface area contributed by atoms with E-state index in [9.17, 15) is 14.4 Å². The van der Waals surface area contributed by atoms with Crippen LogP contribution in [-0.2, 0) is 22.7 Å². The molecule has 1 saturated heterocycles. The third-order valence-corrected chi connectivity index (χ3v) is 5.71. The Morgan fingerprint density at radius 1 is 1.09 bits per heavy atom. The Morgan fingerprint density at radius 2 is 1.88 bits per heavy atom. The lowest BCUT2D eigenvalue weighted by molar-refractivity contribution is -0.129. The summed E-state index contributed by atoms with van der Waals surface area (Å²) in [6.45, 7) is 4.41. The van der Waals surface area contributed by atoms with E-state index in [2.05, 4.69) is 20.2 Å². The zero-order valence-electron chi connectivity index (χ0n) is 17.6. The quantitative estimate of drug-likeness (QED) is 0.585. The van der Waals surface area contributed by atoms with Crippen LogP contribution >= 0.6 is 11.6 Å². The number of halogens is 1. The van der Waals surface area contributed by atoms with Crippen molar-refractivity contribution in [1.29, 1.82) is 0 Å². The molecule has 4 rings (SSSR count). The minimum Gasteiger partial charge on any atom is -0.368 e. The number of hydrogen-bond donors (Lipinski definition) is 1. The van der Waals surface area contributed by atoms with Gasteiger partial charge in [-0.1, -0.05) is 17.7 Å². The molecule has 0 saturated carbocycles. The molecule has 10 heteroatoms. The Bertz CT molecular complexity index is 1200. The van der Waals surface area contributed by atoms with Crippen molar-refractivity contribution in [3.63, 3.8) is 0 Å². The molecule has 166 valence electrons. The summed E-state index contributed by atoms with van der Waals surface area (Å²) in [6, 6.07) is 8.97. The fourth-order valence-electron chi connectivity index (χ4n) is 3.66. The van der Waals surface area contributed by atoms with Crippen LogP contribution in [0.25, 0.3) is 10.9 Å². The number of nitrogens with zero attached hydrogens (tertiary/aromatic N) is 5. The van der Waals surface area contributed by atoms with Crippen molar-refractivity contribution in [1.82, 2.24) is 24.8 Å². The van der Waals surface area contributed by atoms with E-state index in [1.54, 1.807) is 31.3 Å². The Kier molecular flexibility index (Phi) is 6.36. The lowest BCUT2D eigenvalue weighted by Crippen LogP contribution is -2.48. The van der Waals surface area contributed by atoms with E-state index in [-0.39, 0.29) is 30.5 Å². The van der Waals surface area contributed by atoms with Crippen LogP contribution in [0.2, 0.25) is 5.15 Å². The maximum Gasteiger partial charge on any atom is 0.261 e. The van der Waals surface area contributed by atoms with Crippen molar-refractivity contribution >= 4 is 40.0 Å². The average Bonchev–Trinajstić information content (AvgIpc) is 2.80. The predicted molar refractivity (Wildman–Crippen MR) is 122 cm³/mol. The number of hydrogen-bond acceptors (Lipinski definition) is 6. The fraction of sp³-hybridized carbons (Fsp3) is 0.318.